The molecule has 2 saturated heterocycles. The molecule has 0 atom stereocenters. The smallest absolute Gasteiger partial charge is 0.163 e. The van der Waals surface area contributed by atoms with Crippen molar-refractivity contribution in [3.8, 4) is 0 Å². The summed E-state index contributed by atoms with van der Waals surface area (Å²) in [6.07, 6.45) is 3.39. The SMILES string of the molecule is CC1=CC(C)=C(CCC(=O)c2cc(N3CCN(C)CC3)nc(N3CCN(C)CC3)c2)C(=O)C1. The van der Waals surface area contributed by atoms with Gasteiger partial charge in [-0.1, -0.05) is 11.6 Å². The average Bonchev–Trinajstić information content (AvgIpc) is 2.79. The van der Waals surface area contributed by atoms with E-state index in [1.54, 1.807) is 0 Å². The van der Waals surface area contributed by atoms with Crippen molar-refractivity contribution in [1.29, 1.82) is 0 Å². The predicted molar refractivity (Wildman–Crippen MR) is 133 cm³/mol. The summed E-state index contributed by atoms with van der Waals surface area (Å²) in [5, 5.41) is 0. The highest BCUT2D eigenvalue weighted by molar-refractivity contribution is 6.02. The number of piperazine rings is 2. The van der Waals surface area contributed by atoms with Crippen LogP contribution in [0, 0.1) is 0 Å². The second-order valence-electron chi connectivity index (χ2n) is 9.83. The van der Waals surface area contributed by atoms with Crippen LogP contribution in [0.5, 0.6) is 0 Å². The van der Waals surface area contributed by atoms with Crippen molar-refractivity contribution in [3.63, 3.8) is 0 Å². The van der Waals surface area contributed by atoms with E-state index >= 15 is 0 Å². The Hall–Kier alpha value is -2.51. The van der Waals surface area contributed by atoms with Crippen LogP contribution >= 0.6 is 0 Å². The van der Waals surface area contributed by atoms with Crippen molar-refractivity contribution in [2.24, 2.45) is 0 Å². The molecule has 0 bridgehead atoms. The molecule has 0 radical (unpaired) electrons. The van der Waals surface area contributed by atoms with Gasteiger partial charge in [-0.3, -0.25) is 9.59 Å². The van der Waals surface area contributed by atoms with Gasteiger partial charge in [-0.05, 0) is 57.6 Å². The maximum atomic E-state index is 13.3. The van der Waals surface area contributed by atoms with Crippen LogP contribution in [-0.4, -0.2) is 92.8 Å². The Morgan fingerprint density at radius 1 is 0.879 bits per heavy atom. The number of likely N-dealkylation sites (N-methyl/N-ethyl adjacent to an activating group) is 2. The number of carbonyl (C=O) groups excluding carboxylic acids is 2. The Labute approximate surface area is 197 Å². The van der Waals surface area contributed by atoms with Crippen LogP contribution in [0.15, 0.2) is 34.9 Å². The maximum absolute atomic E-state index is 13.3. The van der Waals surface area contributed by atoms with Gasteiger partial charge in [-0.2, -0.15) is 0 Å². The molecule has 0 spiro atoms. The number of Topliss-reactive ketones (excluding diaryl/α,β-unsaturated/α-hetero) is 2. The maximum Gasteiger partial charge on any atom is 0.163 e. The number of anilines is 2. The number of ketones is 2. The first-order chi connectivity index (χ1) is 15.8. The summed E-state index contributed by atoms with van der Waals surface area (Å²) in [6.45, 7) is 11.6. The molecule has 33 heavy (non-hydrogen) atoms. The molecular formula is C26H37N5O2. The highest BCUT2D eigenvalue weighted by Gasteiger charge is 2.23. The van der Waals surface area contributed by atoms with Crippen molar-refractivity contribution in [1.82, 2.24) is 14.8 Å². The molecule has 1 aromatic heterocycles. The number of hydrogen-bond acceptors (Lipinski definition) is 7. The summed E-state index contributed by atoms with van der Waals surface area (Å²) >= 11 is 0. The summed E-state index contributed by atoms with van der Waals surface area (Å²) in [4.78, 5) is 40.0. The van der Waals surface area contributed by atoms with E-state index in [1.807, 2.05) is 26.0 Å². The molecule has 7 nitrogen and oxygen atoms in total. The van der Waals surface area contributed by atoms with Crippen LogP contribution in [0.2, 0.25) is 0 Å². The number of hydrogen-bond donors (Lipinski definition) is 0. The standard InChI is InChI=1S/C26H37N5O2/c1-19-15-20(2)22(24(33)16-19)5-6-23(32)21-17-25(30-11-7-28(3)8-12-30)27-26(18-21)31-13-9-29(4)10-14-31/h15,17-18H,5-14,16H2,1-4H3. The minimum absolute atomic E-state index is 0.0857. The molecule has 3 aliphatic rings. The summed E-state index contributed by atoms with van der Waals surface area (Å²) < 4.78 is 0. The van der Waals surface area contributed by atoms with E-state index in [2.05, 4.69) is 39.8 Å². The van der Waals surface area contributed by atoms with Crippen LogP contribution in [0.4, 0.5) is 11.6 Å². The molecule has 0 unspecified atom stereocenters. The van der Waals surface area contributed by atoms with Crippen molar-refractivity contribution in [2.45, 2.75) is 33.1 Å². The molecular weight excluding hydrogens is 414 g/mol. The summed E-state index contributed by atoms with van der Waals surface area (Å²) in [5.41, 5.74) is 3.61. The van der Waals surface area contributed by atoms with Gasteiger partial charge in [0.15, 0.2) is 11.6 Å². The van der Waals surface area contributed by atoms with E-state index in [1.165, 1.54) is 0 Å². The minimum atomic E-state index is 0.0857. The number of nitrogens with zero attached hydrogens (tertiary/aromatic N) is 5. The lowest BCUT2D eigenvalue weighted by Gasteiger charge is -2.36. The summed E-state index contributed by atoms with van der Waals surface area (Å²) in [5.74, 6) is 2.03. The van der Waals surface area contributed by atoms with Gasteiger partial charge in [0.2, 0.25) is 0 Å². The van der Waals surface area contributed by atoms with Gasteiger partial charge >= 0.3 is 0 Å². The largest absolute Gasteiger partial charge is 0.354 e. The third-order valence-electron chi connectivity index (χ3n) is 7.09. The fourth-order valence-electron chi connectivity index (χ4n) is 4.86. The quantitative estimate of drug-likeness (QED) is 0.617. The van der Waals surface area contributed by atoms with Crippen molar-refractivity contribution in [3.05, 3.63) is 40.5 Å². The third kappa shape index (κ3) is 5.71. The van der Waals surface area contributed by atoms with Gasteiger partial charge in [0.05, 0.1) is 0 Å². The van der Waals surface area contributed by atoms with Gasteiger partial charge in [-0.15, -0.1) is 0 Å². The van der Waals surface area contributed by atoms with Crippen molar-refractivity contribution in [2.75, 3.05) is 76.3 Å². The Kier molecular flexibility index (Phi) is 7.29. The summed E-state index contributed by atoms with van der Waals surface area (Å²) in [7, 11) is 4.28. The second kappa shape index (κ2) is 10.2. The van der Waals surface area contributed by atoms with Crippen LogP contribution in [0.25, 0.3) is 0 Å². The van der Waals surface area contributed by atoms with E-state index in [-0.39, 0.29) is 11.6 Å². The second-order valence-corrected chi connectivity index (χ2v) is 9.83. The zero-order valence-electron chi connectivity index (χ0n) is 20.6. The number of rotatable bonds is 6. The molecule has 0 saturated carbocycles. The lowest BCUT2D eigenvalue weighted by molar-refractivity contribution is -0.115. The molecule has 1 aliphatic carbocycles. The van der Waals surface area contributed by atoms with Crippen molar-refractivity contribution >= 4 is 23.2 Å². The van der Waals surface area contributed by atoms with Gasteiger partial charge in [-0.25, -0.2) is 4.98 Å². The van der Waals surface area contributed by atoms with Crippen molar-refractivity contribution < 1.29 is 9.59 Å². The highest BCUT2D eigenvalue weighted by Crippen LogP contribution is 2.27. The monoisotopic (exact) mass is 451 g/mol. The van der Waals surface area contributed by atoms with Crippen LogP contribution in [0.1, 0.15) is 43.5 Å². The molecule has 7 heteroatoms. The molecule has 178 valence electrons. The van der Waals surface area contributed by atoms with Crippen LogP contribution < -0.4 is 9.80 Å². The first kappa shape index (κ1) is 23.6. The molecule has 2 aliphatic heterocycles. The van der Waals surface area contributed by atoms with E-state index < -0.39 is 0 Å². The zero-order chi connectivity index (χ0) is 23.5. The number of aromatic nitrogens is 1. The van der Waals surface area contributed by atoms with Crippen LogP contribution in [0.3, 0.4) is 0 Å². The fourth-order valence-corrected chi connectivity index (χ4v) is 4.86. The Balaban J connectivity index is 1.56. The molecule has 0 amide bonds. The van der Waals surface area contributed by atoms with E-state index in [9.17, 15) is 9.59 Å². The lowest BCUT2D eigenvalue weighted by Crippen LogP contribution is -2.46. The molecule has 3 heterocycles. The Morgan fingerprint density at radius 2 is 1.39 bits per heavy atom. The highest BCUT2D eigenvalue weighted by atomic mass is 16.1. The zero-order valence-corrected chi connectivity index (χ0v) is 20.6. The van der Waals surface area contributed by atoms with Crippen LogP contribution in [-0.2, 0) is 4.79 Å². The Bertz CT molecular complexity index is 927. The van der Waals surface area contributed by atoms with E-state index in [0.29, 0.717) is 24.8 Å². The predicted octanol–water partition coefficient (Wildman–Crippen LogP) is 2.78. The number of pyridine rings is 1. The molecule has 2 fully saturated rings. The van der Waals surface area contributed by atoms with Gasteiger partial charge in [0, 0.05) is 70.8 Å². The molecule has 0 aromatic carbocycles. The molecule has 0 N–H and O–H groups in total. The van der Waals surface area contributed by atoms with Gasteiger partial charge < -0.3 is 19.6 Å². The number of allylic oxidation sites excluding steroid dienone is 4. The third-order valence-corrected chi connectivity index (χ3v) is 7.09. The molecule has 1 aromatic rings. The fraction of sp³-hybridized carbons (Fsp3) is 0.577. The average molecular weight is 452 g/mol. The minimum Gasteiger partial charge on any atom is -0.354 e. The Morgan fingerprint density at radius 3 is 1.88 bits per heavy atom. The van der Waals surface area contributed by atoms with E-state index in [0.717, 1.165) is 80.7 Å². The summed E-state index contributed by atoms with van der Waals surface area (Å²) in [6, 6.07) is 3.92. The normalized spacial score (nSPS) is 21.0. The molecule has 4 rings (SSSR count). The lowest BCUT2D eigenvalue weighted by atomic mass is 9.89. The number of carbonyl (C=O) groups is 2. The van der Waals surface area contributed by atoms with E-state index in [4.69, 9.17) is 4.98 Å². The van der Waals surface area contributed by atoms with Gasteiger partial charge in [0.1, 0.15) is 11.6 Å². The topological polar surface area (TPSA) is 60.0 Å². The first-order valence-corrected chi connectivity index (χ1v) is 12.1. The van der Waals surface area contributed by atoms with Gasteiger partial charge in [0.25, 0.3) is 0 Å². The first-order valence-electron chi connectivity index (χ1n) is 12.1.